The summed E-state index contributed by atoms with van der Waals surface area (Å²) in [4.78, 5) is 0. The fraction of sp³-hybridized carbons (Fsp3) is 0.250. The summed E-state index contributed by atoms with van der Waals surface area (Å²) in [6, 6.07) is 5.67. The maximum atomic E-state index is 5.95. The third kappa shape index (κ3) is 2.52. The van der Waals surface area contributed by atoms with Crippen LogP contribution in [0.25, 0.3) is 0 Å². The largest absolute Gasteiger partial charge is 0.492 e. The van der Waals surface area contributed by atoms with Gasteiger partial charge in [0.15, 0.2) is 0 Å². The van der Waals surface area contributed by atoms with Crippen molar-refractivity contribution in [1.29, 1.82) is 0 Å². The Morgan fingerprint density at radius 2 is 2.29 bits per heavy atom. The predicted molar refractivity (Wildman–Crippen MR) is 60.9 cm³/mol. The Hall–Kier alpha value is -0.950. The predicted octanol–water partition coefficient (Wildman–Crippen LogP) is 3.84. The van der Waals surface area contributed by atoms with Gasteiger partial charge >= 0.3 is 0 Å². The molecule has 0 aliphatic carbocycles. The molecule has 0 aromatic heterocycles. The van der Waals surface area contributed by atoms with E-state index in [0.29, 0.717) is 17.4 Å². The quantitative estimate of drug-likeness (QED) is 0.685. The van der Waals surface area contributed by atoms with Crippen LogP contribution < -0.4 is 4.74 Å². The van der Waals surface area contributed by atoms with Crippen LogP contribution in [0.1, 0.15) is 18.4 Å². The molecular formula is C12H14ClO. The van der Waals surface area contributed by atoms with Crippen molar-refractivity contribution in [3.05, 3.63) is 48.4 Å². The summed E-state index contributed by atoms with van der Waals surface area (Å²) >= 11 is 5.95. The fourth-order valence-electron chi connectivity index (χ4n) is 1.15. The van der Waals surface area contributed by atoms with Crippen LogP contribution in [0, 0.1) is 6.92 Å². The van der Waals surface area contributed by atoms with Crippen LogP contribution >= 0.6 is 11.6 Å². The van der Waals surface area contributed by atoms with Crippen LogP contribution in [0.15, 0.2) is 30.9 Å². The molecule has 1 radical (unpaired) electrons. The van der Waals surface area contributed by atoms with Crippen molar-refractivity contribution in [2.45, 2.75) is 12.8 Å². The summed E-state index contributed by atoms with van der Waals surface area (Å²) in [7, 11) is 0. The molecule has 0 saturated carbocycles. The van der Waals surface area contributed by atoms with E-state index >= 15 is 0 Å². The molecule has 1 atom stereocenters. The lowest BCUT2D eigenvalue weighted by molar-refractivity contribution is 0.340. The molecule has 0 spiro atoms. The number of hydrogen-bond donors (Lipinski definition) is 0. The van der Waals surface area contributed by atoms with Gasteiger partial charge < -0.3 is 4.74 Å². The van der Waals surface area contributed by atoms with Gasteiger partial charge in [-0.1, -0.05) is 23.7 Å². The molecule has 75 valence electrons. The zero-order chi connectivity index (χ0) is 10.6. The first-order chi connectivity index (χ1) is 6.69. The molecule has 0 N–H and O–H groups in total. The van der Waals surface area contributed by atoms with E-state index in [9.17, 15) is 0 Å². The molecule has 0 aliphatic rings. The van der Waals surface area contributed by atoms with Gasteiger partial charge in [0.2, 0.25) is 0 Å². The summed E-state index contributed by atoms with van der Waals surface area (Å²) in [6.07, 6.45) is 1.79. The Labute approximate surface area is 90.3 Å². The maximum absolute atomic E-state index is 5.95. The van der Waals surface area contributed by atoms with Crippen molar-refractivity contribution in [3.8, 4) is 5.75 Å². The second-order valence-electron chi connectivity index (χ2n) is 2.97. The molecule has 0 aliphatic heterocycles. The summed E-state index contributed by atoms with van der Waals surface area (Å²) in [6.45, 7) is 10.2. The van der Waals surface area contributed by atoms with Crippen LogP contribution in [-0.2, 0) is 0 Å². The Bertz CT molecular complexity index is 320. The lowest BCUT2D eigenvalue weighted by Gasteiger charge is -2.10. The maximum Gasteiger partial charge on any atom is 0.138 e. The van der Waals surface area contributed by atoms with E-state index in [2.05, 4.69) is 13.5 Å². The molecule has 1 unspecified atom stereocenters. The van der Waals surface area contributed by atoms with Gasteiger partial charge in [0.05, 0.1) is 11.6 Å². The standard InChI is InChI=1S/C12H14ClO/c1-4-9(3)10-6-7-11(13)12(8-10)14-5-2/h4,6-9H,1,3,5H2,2H3. The van der Waals surface area contributed by atoms with Gasteiger partial charge in [0.1, 0.15) is 5.75 Å². The van der Waals surface area contributed by atoms with Gasteiger partial charge in [-0.05, 0) is 31.5 Å². The fourth-order valence-corrected chi connectivity index (χ4v) is 1.32. The van der Waals surface area contributed by atoms with Crippen molar-refractivity contribution in [1.82, 2.24) is 0 Å². The zero-order valence-corrected chi connectivity index (χ0v) is 9.05. The molecule has 2 heteroatoms. The summed E-state index contributed by atoms with van der Waals surface area (Å²) in [5, 5.41) is 0.631. The molecule has 0 fully saturated rings. The Balaban J connectivity index is 2.99. The van der Waals surface area contributed by atoms with Crippen LogP contribution in [-0.4, -0.2) is 6.61 Å². The van der Waals surface area contributed by atoms with Crippen molar-refractivity contribution in [2.75, 3.05) is 6.61 Å². The number of rotatable bonds is 4. The average Bonchev–Trinajstić information content (AvgIpc) is 2.20. The van der Waals surface area contributed by atoms with E-state index in [1.54, 1.807) is 6.08 Å². The minimum atomic E-state index is 0.0754. The highest BCUT2D eigenvalue weighted by Gasteiger charge is 2.06. The Morgan fingerprint density at radius 1 is 1.57 bits per heavy atom. The van der Waals surface area contributed by atoms with Gasteiger partial charge in [-0.2, -0.15) is 0 Å². The van der Waals surface area contributed by atoms with Crippen LogP contribution in [0.4, 0.5) is 0 Å². The summed E-state index contributed by atoms with van der Waals surface area (Å²) in [5.41, 5.74) is 1.06. The second kappa shape index (κ2) is 5.06. The molecule has 0 bridgehead atoms. The molecule has 0 amide bonds. The molecule has 14 heavy (non-hydrogen) atoms. The van der Waals surface area contributed by atoms with Crippen molar-refractivity contribution < 1.29 is 4.74 Å². The molecular weight excluding hydrogens is 196 g/mol. The number of halogens is 1. The minimum Gasteiger partial charge on any atom is -0.492 e. The van der Waals surface area contributed by atoms with E-state index in [1.807, 2.05) is 25.1 Å². The van der Waals surface area contributed by atoms with E-state index in [1.165, 1.54) is 0 Å². The first-order valence-electron chi connectivity index (χ1n) is 4.57. The first-order valence-corrected chi connectivity index (χ1v) is 4.94. The number of allylic oxidation sites excluding steroid dienone is 1. The SMILES string of the molecule is [CH2]C(C=C)c1ccc(Cl)c(OCC)c1. The lowest BCUT2D eigenvalue weighted by atomic mass is 10.0. The van der Waals surface area contributed by atoms with Gasteiger partial charge in [-0.15, -0.1) is 6.58 Å². The smallest absolute Gasteiger partial charge is 0.138 e. The molecule has 1 aromatic rings. The number of ether oxygens (including phenoxy) is 1. The van der Waals surface area contributed by atoms with Crippen LogP contribution in [0.5, 0.6) is 5.75 Å². The van der Waals surface area contributed by atoms with Crippen LogP contribution in [0.3, 0.4) is 0 Å². The molecule has 0 saturated heterocycles. The van der Waals surface area contributed by atoms with E-state index < -0.39 is 0 Å². The third-order valence-corrected chi connectivity index (χ3v) is 2.28. The number of benzene rings is 1. The first kappa shape index (κ1) is 11.1. The molecule has 1 aromatic carbocycles. The highest BCUT2D eigenvalue weighted by atomic mass is 35.5. The zero-order valence-electron chi connectivity index (χ0n) is 8.29. The van der Waals surface area contributed by atoms with Gasteiger partial charge in [0.25, 0.3) is 0 Å². The van der Waals surface area contributed by atoms with Gasteiger partial charge in [0, 0.05) is 5.92 Å². The Morgan fingerprint density at radius 3 is 2.86 bits per heavy atom. The summed E-state index contributed by atoms with van der Waals surface area (Å²) in [5.74, 6) is 0.786. The average molecular weight is 210 g/mol. The Kier molecular flexibility index (Phi) is 4.02. The molecule has 1 rings (SSSR count). The molecule has 1 nitrogen and oxygen atoms in total. The topological polar surface area (TPSA) is 9.23 Å². The van der Waals surface area contributed by atoms with Crippen molar-refractivity contribution in [3.63, 3.8) is 0 Å². The van der Waals surface area contributed by atoms with E-state index in [4.69, 9.17) is 16.3 Å². The highest BCUT2D eigenvalue weighted by molar-refractivity contribution is 6.32. The van der Waals surface area contributed by atoms with Crippen LogP contribution in [0.2, 0.25) is 5.02 Å². The van der Waals surface area contributed by atoms with Crippen molar-refractivity contribution in [2.24, 2.45) is 0 Å². The van der Waals surface area contributed by atoms with Gasteiger partial charge in [-0.3, -0.25) is 0 Å². The van der Waals surface area contributed by atoms with Crippen molar-refractivity contribution >= 4 is 11.6 Å². The summed E-state index contributed by atoms with van der Waals surface area (Å²) < 4.78 is 5.38. The highest BCUT2D eigenvalue weighted by Crippen LogP contribution is 2.28. The minimum absolute atomic E-state index is 0.0754. The molecule has 0 heterocycles. The second-order valence-corrected chi connectivity index (χ2v) is 3.37. The number of hydrogen-bond acceptors (Lipinski definition) is 1. The monoisotopic (exact) mass is 209 g/mol. The normalized spacial score (nSPS) is 12.2. The van der Waals surface area contributed by atoms with E-state index in [0.717, 1.165) is 5.56 Å². The lowest BCUT2D eigenvalue weighted by Crippen LogP contribution is -1.95. The third-order valence-electron chi connectivity index (χ3n) is 1.97. The van der Waals surface area contributed by atoms with Gasteiger partial charge in [-0.25, -0.2) is 0 Å². The van der Waals surface area contributed by atoms with E-state index in [-0.39, 0.29) is 5.92 Å².